The number of rotatable bonds is 6. The number of carbonyl (C=O) groups is 2. The van der Waals surface area contributed by atoms with Crippen molar-refractivity contribution in [2.75, 3.05) is 13.7 Å². The molecule has 26 heavy (non-hydrogen) atoms. The van der Waals surface area contributed by atoms with Gasteiger partial charge in [0.1, 0.15) is 11.5 Å². The molecule has 0 bridgehead atoms. The van der Waals surface area contributed by atoms with E-state index in [9.17, 15) is 9.59 Å². The first-order valence-corrected chi connectivity index (χ1v) is 7.67. The third-order valence-electron chi connectivity index (χ3n) is 3.48. The molecule has 0 aliphatic carbocycles. The van der Waals surface area contributed by atoms with Gasteiger partial charge in [-0.1, -0.05) is 18.2 Å². The first kappa shape index (κ1) is 17.2. The zero-order chi connectivity index (χ0) is 18.5. The summed E-state index contributed by atoms with van der Waals surface area (Å²) >= 11 is 0. The lowest BCUT2D eigenvalue weighted by Gasteiger charge is -2.02. The van der Waals surface area contributed by atoms with Gasteiger partial charge in [-0.3, -0.25) is 0 Å². The molecule has 1 N–H and O–H groups in total. The molecule has 1 aliphatic rings. The first-order chi connectivity index (χ1) is 12.5. The topological polar surface area (TPSA) is 94.4 Å². The fraction of sp³-hybridized carbons (Fsp3) is 0.105. The molecule has 2 aromatic rings. The molecule has 0 saturated heterocycles. The zero-order valence-electron chi connectivity index (χ0n) is 13.8. The maximum Gasteiger partial charge on any atom is 0.363 e. The molecule has 3 rings (SSSR count). The molecular formula is C19H15NO6. The molecule has 0 atom stereocenters. The number of aliphatic imine (C=N–C) groups is 1. The Morgan fingerprint density at radius 3 is 2.65 bits per heavy atom. The minimum atomic E-state index is -1.05. The quantitative estimate of drug-likeness (QED) is 0.633. The summed E-state index contributed by atoms with van der Waals surface area (Å²) in [7, 11) is 1.55. The highest BCUT2D eigenvalue weighted by atomic mass is 16.6. The standard InChI is InChI=1S/C19H15NO6/c1-24-15-4-2-3-13(10-15)18-20-16(19(23)26-18)9-12-5-7-14(8-6-12)25-11-17(21)22/h2-10H,11H2,1H3,(H,21,22)/b16-9-. The highest BCUT2D eigenvalue weighted by Gasteiger charge is 2.24. The summed E-state index contributed by atoms with van der Waals surface area (Å²) in [6.07, 6.45) is 1.58. The van der Waals surface area contributed by atoms with Crippen LogP contribution in [0.2, 0.25) is 0 Å². The minimum Gasteiger partial charge on any atom is -0.497 e. The number of ether oxygens (including phenoxy) is 3. The molecule has 0 aromatic heterocycles. The van der Waals surface area contributed by atoms with E-state index in [1.807, 2.05) is 0 Å². The van der Waals surface area contributed by atoms with Gasteiger partial charge >= 0.3 is 11.9 Å². The lowest BCUT2D eigenvalue weighted by atomic mass is 10.2. The maximum absolute atomic E-state index is 12.0. The third kappa shape index (κ3) is 4.07. The molecule has 0 saturated carbocycles. The Bertz CT molecular complexity index is 899. The molecule has 0 unspecified atom stereocenters. The SMILES string of the molecule is COc1cccc(C2=N/C(=C\c3ccc(OCC(=O)O)cc3)C(=O)O2)c1. The van der Waals surface area contributed by atoms with Crippen molar-refractivity contribution in [2.24, 2.45) is 4.99 Å². The van der Waals surface area contributed by atoms with Crippen LogP contribution in [-0.2, 0) is 14.3 Å². The van der Waals surface area contributed by atoms with E-state index in [0.29, 0.717) is 22.6 Å². The van der Waals surface area contributed by atoms with Gasteiger partial charge in [0.2, 0.25) is 5.90 Å². The predicted octanol–water partition coefficient (Wildman–Crippen LogP) is 2.50. The van der Waals surface area contributed by atoms with Crippen molar-refractivity contribution in [1.29, 1.82) is 0 Å². The van der Waals surface area contributed by atoms with E-state index in [2.05, 4.69) is 4.99 Å². The molecule has 1 heterocycles. The summed E-state index contributed by atoms with van der Waals surface area (Å²) < 4.78 is 15.4. The molecule has 0 fully saturated rings. The number of benzene rings is 2. The average Bonchev–Trinajstić information content (AvgIpc) is 3.02. The smallest absolute Gasteiger partial charge is 0.363 e. The number of aliphatic carboxylic acids is 1. The van der Waals surface area contributed by atoms with Crippen molar-refractivity contribution in [3.8, 4) is 11.5 Å². The average molecular weight is 353 g/mol. The number of carboxylic acid groups (broad SMARTS) is 1. The van der Waals surface area contributed by atoms with Crippen molar-refractivity contribution in [1.82, 2.24) is 0 Å². The van der Waals surface area contributed by atoms with Crippen LogP contribution in [0.3, 0.4) is 0 Å². The van der Waals surface area contributed by atoms with Gasteiger partial charge in [0.15, 0.2) is 12.3 Å². The fourth-order valence-electron chi connectivity index (χ4n) is 2.25. The summed E-state index contributed by atoms with van der Waals surface area (Å²) in [5.41, 5.74) is 1.51. The number of carbonyl (C=O) groups excluding carboxylic acids is 1. The molecule has 7 nitrogen and oxygen atoms in total. The highest BCUT2D eigenvalue weighted by Crippen LogP contribution is 2.22. The first-order valence-electron chi connectivity index (χ1n) is 7.67. The van der Waals surface area contributed by atoms with Crippen molar-refractivity contribution >= 4 is 23.9 Å². The Kier molecular flexibility index (Phi) is 4.98. The molecular weight excluding hydrogens is 338 g/mol. The van der Waals surface area contributed by atoms with Gasteiger partial charge < -0.3 is 19.3 Å². The van der Waals surface area contributed by atoms with Gasteiger partial charge in [0.25, 0.3) is 0 Å². The summed E-state index contributed by atoms with van der Waals surface area (Å²) in [6.45, 7) is -0.416. The molecule has 132 valence electrons. The second-order valence-electron chi connectivity index (χ2n) is 5.32. The molecule has 2 aromatic carbocycles. The van der Waals surface area contributed by atoms with Crippen LogP contribution in [-0.4, -0.2) is 36.7 Å². The van der Waals surface area contributed by atoms with Crippen LogP contribution in [0.1, 0.15) is 11.1 Å². The molecule has 7 heteroatoms. The van der Waals surface area contributed by atoms with Crippen LogP contribution < -0.4 is 9.47 Å². The van der Waals surface area contributed by atoms with E-state index in [-0.39, 0.29) is 11.6 Å². The Hall–Kier alpha value is -3.61. The zero-order valence-corrected chi connectivity index (χ0v) is 13.8. The number of methoxy groups -OCH3 is 1. The highest BCUT2D eigenvalue weighted by molar-refractivity contribution is 6.12. The van der Waals surface area contributed by atoms with Crippen LogP contribution in [0, 0.1) is 0 Å². The van der Waals surface area contributed by atoms with Crippen LogP contribution >= 0.6 is 0 Å². The third-order valence-corrected chi connectivity index (χ3v) is 3.48. The van der Waals surface area contributed by atoms with Gasteiger partial charge in [0.05, 0.1) is 7.11 Å². The Balaban J connectivity index is 1.78. The van der Waals surface area contributed by atoms with E-state index in [1.54, 1.807) is 61.7 Å². The number of hydrogen-bond donors (Lipinski definition) is 1. The molecule has 0 spiro atoms. The number of esters is 1. The second kappa shape index (κ2) is 7.52. The van der Waals surface area contributed by atoms with E-state index in [4.69, 9.17) is 19.3 Å². The Morgan fingerprint density at radius 1 is 1.19 bits per heavy atom. The monoisotopic (exact) mass is 353 g/mol. The molecule has 0 radical (unpaired) electrons. The lowest BCUT2D eigenvalue weighted by molar-refractivity contribution is -0.139. The van der Waals surface area contributed by atoms with Gasteiger partial charge in [-0.15, -0.1) is 0 Å². The summed E-state index contributed by atoms with van der Waals surface area (Å²) in [5, 5.41) is 8.59. The number of nitrogens with zero attached hydrogens (tertiary/aromatic N) is 1. The number of cyclic esters (lactones) is 1. The second-order valence-corrected chi connectivity index (χ2v) is 5.32. The summed E-state index contributed by atoms with van der Waals surface area (Å²) in [6, 6.07) is 13.7. The summed E-state index contributed by atoms with van der Waals surface area (Å²) in [5.74, 6) is -0.334. The van der Waals surface area contributed by atoms with Gasteiger partial charge in [-0.05, 0) is 42.0 Å². The van der Waals surface area contributed by atoms with Crippen molar-refractivity contribution in [3.05, 3.63) is 65.4 Å². The molecule has 0 amide bonds. The van der Waals surface area contributed by atoms with E-state index >= 15 is 0 Å². The van der Waals surface area contributed by atoms with Crippen molar-refractivity contribution < 1.29 is 28.9 Å². The van der Waals surface area contributed by atoms with Gasteiger partial charge in [0, 0.05) is 5.56 Å². The normalized spacial score (nSPS) is 14.7. The van der Waals surface area contributed by atoms with Crippen LogP contribution in [0.5, 0.6) is 11.5 Å². The van der Waals surface area contributed by atoms with E-state index in [0.717, 1.165) is 0 Å². The molecule has 1 aliphatic heterocycles. The predicted molar refractivity (Wildman–Crippen MR) is 93.2 cm³/mol. The fourth-order valence-corrected chi connectivity index (χ4v) is 2.25. The largest absolute Gasteiger partial charge is 0.497 e. The van der Waals surface area contributed by atoms with Gasteiger partial charge in [-0.25, -0.2) is 14.6 Å². The minimum absolute atomic E-state index is 0.169. The lowest BCUT2D eigenvalue weighted by Crippen LogP contribution is -2.09. The maximum atomic E-state index is 12.0. The number of hydrogen-bond acceptors (Lipinski definition) is 6. The van der Waals surface area contributed by atoms with Crippen molar-refractivity contribution in [3.63, 3.8) is 0 Å². The van der Waals surface area contributed by atoms with Gasteiger partial charge in [-0.2, -0.15) is 0 Å². The Labute approximate surface area is 149 Å². The Morgan fingerprint density at radius 2 is 1.96 bits per heavy atom. The van der Waals surface area contributed by atoms with Crippen LogP contribution in [0.4, 0.5) is 0 Å². The van der Waals surface area contributed by atoms with E-state index < -0.39 is 18.5 Å². The summed E-state index contributed by atoms with van der Waals surface area (Å²) in [4.78, 5) is 26.8. The van der Waals surface area contributed by atoms with E-state index in [1.165, 1.54) is 0 Å². The number of carboxylic acids is 1. The van der Waals surface area contributed by atoms with Crippen molar-refractivity contribution in [2.45, 2.75) is 0 Å². The van der Waals surface area contributed by atoms with Crippen LogP contribution in [0.25, 0.3) is 6.08 Å². The van der Waals surface area contributed by atoms with Crippen LogP contribution in [0.15, 0.2) is 59.2 Å².